The first-order chi connectivity index (χ1) is 11.5. The molecule has 0 aromatic heterocycles. The number of carbonyl (C=O) groups excluding carboxylic acids is 2. The molecule has 0 radical (unpaired) electrons. The van der Waals surface area contributed by atoms with Crippen LogP contribution in [0.1, 0.15) is 12.0 Å². The van der Waals surface area contributed by atoms with E-state index in [0.29, 0.717) is 13.1 Å². The number of nitrogens with zero attached hydrogens (tertiary/aromatic N) is 2. The molecule has 0 saturated carbocycles. The summed E-state index contributed by atoms with van der Waals surface area (Å²) >= 11 is 3.42. The third-order valence-electron chi connectivity index (χ3n) is 4.23. The van der Waals surface area contributed by atoms with Crippen LogP contribution in [0.15, 0.2) is 59.1 Å². The number of amides is 2. The van der Waals surface area contributed by atoms with Gasteiger partial charge in [0.15, 0.2) is 0 Å². The van der Waals surface area contributed by atoms with Crippen molar-refractivity contribution in [2.24, 2.45) is 5.92 Å². The molecule has 0 N–H and O–H groups in total. The molecule has 1 aliphatic rings. The lowest BCUT2D eigenvalue weighted by molar-refractivity contribution is -0.135. The van der Waals surface area contributed by atoms with Crippen molar-refractivity contribution in [3.05, 3.63) is 64.6 Å². The molecule has 0 aliphatic carbocycles. The number of carbonyl (C=O) groups is 2. The molecule has 124 valence electrons. The Hall–Kier alpha value is -2.14. The zero-order chi connectivity index (χ0) is 17.1. The summed E-state index contributed by atoms with van der Waals surface area (Å²) < 4.78 is 0.920. The van der Waals surface area contributed by atoms with E-state index < -0.39 is 0 Å². The zero-order valence-electron chi connectivity index (χ0n) is 13.5. The van der Waals surface area contributed by atoms with Crippen LogP contribution in [0, 0.1) is 5.92 Å². The Morgan fingerprint density at radius 3 is 2.67 bits per heavy atom. The molecule has 2 aromatic carbocycles. The quantitative estimate of drug-likeness (QED) is 0.806. The Labute approximate surface area is 150 Å². The molecule has 3 rings (SSSR count). The molecular formula is C19H19BrN2O2. The summed E-state index contributed by atoms with van der Waals surface area (Å²) in [7, 11) is 1.79. The van der Waals surface area contributed by atoms with Gasteiger partial charge < -0.3 is 9.80 Å². The molecular weight excluding hydrogens is 368 g/mol. The van der Waals surface area contributed by atoms with Gasteiger partial charge in [0.25, 0.3) is 0 Å². The molecule has 1 saturated heterocycles. The van der Waals surface area contributed by atoms with Gasteiger partial charge in [-0.2, -0.15) is 0 Å². The molecule has 1 fully saturated rings. The van der Waals surface area contributed by atoms with Crippen molar-refractivity contribution in [1.29, 1.82) is 0 Å². The molecule has 1 atom stereocenters. The predicted octanol–water partition coefficient (Wildman–Crippen LogP) is 3.46. The fourth-order valence-corrected chi connectivity index (χ4v) is 3.40. The maximum absolute atomic E-state index is 12.7. The summed E-state index contributed by atoms with van der Waals surface area (Å²) in [5.41, 5.74) is 1.91. The first-order valence-corrected chi connectivity index (χ1v) is 8.69. The fraction of sp³-hybridized carbons (Fsp3) is 0.263. The summed E-state index contributed by atoms with van der Waals surface area (Å²) in [5.74, 6) is -0.269. The van der Waals surface area contributed by atoms with Gasteiger partial charge in [-0.3, -0.25) is 9.59 Å². The minimum absolute atomic E-state index is 0.000406. The van der Waals surface area contributed by atoms with Crippen LogP contribution in [0.3, 0.4) is 0 Å². The Morgan fingerprint density at radius 2 is 1.96 bits per heavy atom. The first kappa shape index (κ1) is 16.7. The minimum atomic E-state index is -0.287. The van der Waals surface area contributed by atoms with Crippen molar-refractivity contribution in [2.45, 2.75) is 13.0 Å². The third kappa shape index (κ3) is 3.67. The number of benzene rings is 2. The summed E-state index contributed by atoms with van der Waals surface area (Å²) in [6.45, 7) is 0.995. The van der Waals surface area contributed by atoms with Crippen LogP contribution >= 0.6 is 15.9 Å². The van der Waals surface area contributed by atoms with Gasteiger partial charge >= 0.3 is 0 Å². The topological polar surface area (TPSA) is 40.6 Å². The van der Waals surface area contributed by atoms with Crippen molar-refractivity contribution < 1.29 is 9.59 Å². The summed E-state index contributed by atoms with van der Waals surface area (Å²) in [5, 5.41) is 0. The van der Waals surface area contributed by atoms with Gasteiger partial charge in [-0.05, 0) is 23.8 Å². The summed E-state index contributed by atoms with van der Waals surface area (Å²) in [6, 6.07) is 17.5. The monoisotopic (exact) mass is 386 g/mol. The van der Waals surface area contributed by atoms with Crippen molar-refractivity contribution >= 4 is 33.4 Å². The molecule has 4 nitrogen and oxygen atoms in total. The van der Waals surface area contributed by atoms with E-state index in [9.17, 15) is 9.59 Å². The molecule has 2 aromatic rings. The van der Waals surface area contributed by atoms with Gasteiger partial charge in [0.1, 0.15) is 0 Å². The molecule has 24 heavy (non-hydrogen) atoms. The molecule has 1 unspecified atom stereocenters. The molecule has 5 heteroatoms. The van der Waals surface area contributed by atoms with Crippen LogP contribution in [0.4, 0.5) is 5.69 Å². The van der Waals surface area contributed by atoms with Crippen LogP contribution in [0.5, 0.6) is 0 Å². The highest BCUT2D eigenvalue weighted by Gasteiger charge is 2.36. The van der Waals surface area contributed by atoms with Crippen LogP contribution in [-0.2, 0) is 16.1 Å². The summed E-state index contributed by atoms with van der Waals surface area (Å²) in [4.78, 5) is 28.4. The van der Waals surface area contributed by atoms with Crippen LogP contribution in [0.2, 0.25) is 0 Å². The lowest BCUT2D eigenvalue weighted by Crippen LogP contribution is -2.34. The largest absolute Gasteiger partial charge is 0.341 e. The molecule has 2 amide bonds. The van der Waals surface area contributed by atoms with E-state index in [2.05, 4.69) is 15.9 Å². The van der Waals surface area contributed by atoms with Crippen LogP contribution < -0.4 is 4.90 Å². The van der Waals surface area contributed by atoms with Gasteiger partial charge in [0.2, 0.25) is 11.8 Å². The Kier molecular flexibility index (Phi) is 5.00. The molecule has 0 bridgehead atoms. The van der Waals surface area contributed by atoms with E-state index in [1.807, 2.05) is 54.6 Å². The van der Waals surface area contributed by atoms with Crippen molar-refractivity contribution in [3.63, 3.8) is 0 Å². The average Bonchev–Trinajstić information content (AvgIpc) is 2.97. The van der Waals surface area contributed by atoms with Gasteiger partial charge in [0, 0.05) is 36.7 Å². The smallest absolute Gasteiger partial charge is 0.228 e. The highest BCUT2D eigenvalue weighted by molar-refractivity contribution is 9.10. The molecule has 1 heterocycles. The normalized spacial score (nSPS) is 17.2. The maximum Gasteiger partial charge on any atom is 0.228 e. The second kappa shape index (κ2) is 7.18. The van der Waals surface area contributed by atoms with Crippen molar-refractivity contribution in [1.82, 2.24) is 4.90 Å². The first-order valence-electron chi connectivity index (χ1n) is 7.89. The Bertz CT molecular complexity index is 748. The average molecular weight is 387 g/mol. The fourth-order valence-electron chi connectivity index (χ4n) is 3.01. The number of halogens is 1. The van der Waals surface area contributed by atoms with E-state index in [1.165, 1.54) is 0 Å². The van der Waals surface area contributed by atoms with Gasteiger partial charge in [-0.1, -0.05) is 52.3 Å². The van der Waals surface area contributed by atoms with Gasteiger partial charge in [-0.15, -0.1) is 0 Å². The number of rotatable bonds is 4. The van der Waals surface area contributed by atoms with Gasteiger partial charge in [-0.25, -0.2) is 0 Å². The van der Waals surface area contributed by atoms with Crippen molar-refractivity contribution in [2.75, 3.05) is 18.5 Å². The van der Waals surface area contributed by atoms with E-state index in [4.69, 9.17) is 0 Å². The lowest BCUT2D eigenvalue weighted by Gasteiger charge is -2.21. The van der Waals surface area contributed by atoms with E-state index >= 15 is 0 Å². The van der Waals surface area contributed by atoms with Crippen molar-refractivity contribution in [3.8, 4) is 0 Å². The SMILES string of the molecule is CN(Cc1ccccc1)C(=O)C1CC(=O)N(c2cccc(Br)c2)C1. The maximum atomic E-state index is 12.7. The second-order valence-corrected chi connectivity index (χ2v) is 6.98. The van der Waals surface area contributed by atoms with E-state index in [-0.39, 0.29) is 24.2 Å². The summed E-state index contributed by atoms with van der Waals surface area (Å²) in [6.07, 6.45) is 0.268. The third-order valence-corrected chi connectivity index (χ3v) is 4.73. The minimum Gasteiger partial charge on any atom is -0.341 e. The molecule has 1 aliphatic heterocycles. The standard InChI is InChI=1S/C19H19BrN2O2/c1-21(12-14-6-3-2-4-7-14)19(24)15-10-18(23)22(13-15)17-9-5-8-16(20)11-17/h2-9,11,15H,10,12-13H2,1H3. The lowest BCUT2D eigenvalue weighted by atomic mass is 10.1. The number of hydrogen-bond donors (Lipinski definition) is 0. The van der Waals surface area contributed by atoms with E-state index in [0.717, 1.165) is 15.7 Å². The highest BCUT2D eigenvalue weighted by Crippen LogP contribution is 2.28. The van der Waals surface area contributed by atoms with Gasteiger partial charge in [0.05, 0.1) is 5.92 Å². The predicted molar refractivity (Wildman–Crippen MR) is 97.5 cm³/mol. The van der Waals surface area contributed by atoms with Crippen LogP contribution in [-0.4, -0.2) is 30.3 Å². The second-order valence-electron chi connectivity index (χ2n) is 6.07. The van der Waals surface area contributed by atoms with Crippen LogP contribution in [0.25, 0.3) is 0 Å². The number of anilines is 1. The highest BCUT2D eigenvalue weighted by atomic mass is 79.9. The Balaban J connectivity index is 1.67. The van der Waals surface area contributed by atoms with E-state index in [1.54, 1.807) is 16.8 Å². The zero-order valence-corrected chi connectivity index (χ0v) is 15.1. The number of hydrogen-bond acceptors (Lipinski definition) is 2. The molecule has 0 spiro atoms. The Morgan fingerprint density at radius 1 is 1.21 bits per heavy atom.